The molecule has 0 saturated heterocycles. The molecule has 0 fully saturated rings. The third-order valence-corrected chi connectivity index (χ3v) is 3.87. The van der Waals surface area contributed by atoms with Crippen molar-refractivity contribution in [2.75, 3.05) is 34.4 Å². The minimum Gasteiger partial charge on any atom is -0.493 e. The van der Waals surface area contributed by atoms with Crippen molar-refractivity contribution in [3.63, 3.8) is 0 Å². The van der Waals surface area contributed by atoms with Gasteiger partial charge in [0.15, 0.2) is 0 Å². The number of hydrogen-bond donors (Lipinski definition) is 0. The highest BCUT2D eigenvalue weighted by Crippen LogP contribution is 2.29. The van der Waals surface area contributed by atoms with Crippen LogP contribution in [0.2, 0.25) is 0 Å². The number of benzene rings is 2. The van der Waals surface area contributed by atoms with E-state index in [1.165, 1.54) is 16.3 Å². The predicted molar refractivity (Wildman–Crippen MR) is 88.0 cm³/mol. The maximum Gasteiger partial charge on any atom is 0.119 e. The highest BCUT2D eigenvalue weighted by molar-refractivity contribution is 5.87. The summed E-state index contributed by atoms with van der Waals surface area (Å²) >= 11 is 0. The van der Waals surface area contributed by atoms with Crippen LogP contribution in [0.3, 0.4) is 0 Å². The van der Waals surface area contributed by atoms with Gasteiger partial charge in [0.05, 0.1) is 6.61 Å². The monoisotopic (exact) mass is 287 g/mol. The van der Waals surface area contributed by atoms with Gasteiger partial charge in [-0.1, -0.05) is 24.3 Å². The summed E-state index contributed by atoms with van der Waals surface area (Å²) in [5, 5.41) is 2.52. The molecule has 2 rings (SSSR count). The molecule has 0 aliphatic heterocycles. The van der Waals surface area contributed by atoms with Crippen molar-refractivity contribution in [1.29, 1.82) is 0 Å². The van der Waals surface area contributed by atoms with Gasteiger partial charge in [0, 0.05) is 26.2 Å². The van der Waals surface area contributed by atoms with Gasteiger partial charge in [-0.05, 0) is 49.5 Å². The zero-order chi connectivity index (χ0) is 15.2. The first-order valence-corrected chi connectivity index (χ1v) is 7.44. The maximum atomic E-state index is 5.82. The van der Waals surface area contributed by atoms with Crippen molar-refractivity contribution in [1.82, 2.24) is 4.90 Å². The first kappa shape index (κ1) is 15.8. The molecule has 2 aromatic rings. The van der Waals surface area contributed by atoms with E-state index < -0.39 is 0 Å². The van der Waals surface area contributed by atoms with E-state index in [4.69, 9.17) is 9.47 Å². The lowest BCUT2D eigenvalue weighted by atomic mass is 9.99. The van der Waals surface area contributed by atoms with Crippen LogP contribution in [0.25, 0.3) is 10.8 Å². The Labute approximate surface area is 127 Å². The molecule has 21 heavy (non-hydrogen) atoms. The summed E-state index contributed by atoms with van der Waals surface area (Å²) in [5.41, 5.74) is 1.33. The lowest BCUT2D eigenvalue weighted by molar-refractivity contribution is 0.172. The Bertz CT molecular complexity index is 580. The summed E-state index contributed by atoms with van der Waals surface area (Å²) < 4.78 is 10.9. The van der Waals surface area contributed by atoms with E-state index >= 15 is 0 Å². The van der Waals surface area contributed by atoms with Crippen molar-refractivity contribution in [2.24, 2.45) is 0 Å². The van der Waals surface area contributed by atoms with E-state index in [1.807, 2.05) is 6.07 Å². The molecule has 0 heterocycles. The predicted octanol–water partition coefficient (Wildman–Crippen LogP) is 3.88. The molecule has 2 aromatic carbocycles. The molecule has 1 atom stereocenters. The topological polar surface area (TPSA) is 21.7 Å². The molecule has 0 amide bonds. The summed E-state index contributed by atoms with van der Waals surface area (Å²) in [6.07, 6.45) is 0.907. The molecule has 0 N–H and O–H groups in total. The Hall–Kier alpha value is -1.58. The average Bonchev–Trinajstić information content (AvgIpc) is 2.50. The van der Waals surface area contributed by atoms with E-state index in [2.05, 4.69) is 56.3 Å². The highest BCUT2D eigenvalue weighted by atomic mass is 16.5. The normalized spacial score (nSPS) is 12.8. The van der Waals surface area contributed by atoms with Crippen molar-refractivity contribution in [2.45, 2.75) is 19.4 Å². The van der Waals surface area contributed by atoms with Crippen LogP contribution in [-0.2, 0) is 4.74 Å². The SMILES string of the molecule is COCCCOc1ccc2cccc(C(C)N(C)C)c2c1. The van der Waals surface area contributed by atoms with Gasteiger partial charge in [0.25, 0.3) is 0 Å². The first-order chi connectivity index (χ1) is 10.1. The lowest BCUT2D eigenvalue weighted by Crippen LogP contribution is -2.16. The van der Waals surface area contributed by atoms with Crippen molar-refractivity contribution in [3.8, 4) is 5.75 Å². The molecule has 0 saturated carbocycles. The Kier molecular flexibility index (Phi) is 5.59. The summed E-state index contributed by atoms with van der Waals surface area (Å²) in [5.74, 6) is 0.928. The minimum absolute atomic E-state index is 0.373. The lowest BCUT2D eigenvalue weighted by Gasteiger charge is -2.22. The van der Waals surface area contributed by atoms with Crippen LogP contribution < -0.4 is 4.74 Å². The number of rotatable bonds is 7. The Morgan fingerprint density at radius 2 is 1.90 bits per heavy atom. The fourth-order valence-corrected chi connectivity index (χ4v) is 2.40. The molecule has 0 aromatic heterocycles. The van der Waals surface area contributed by atoms with Crippen LogP contribution in [0.1, 0.15) is 24.9 Å². The number of ether oxygens (including phenoxy) is 2. The van der Waals surface area contributed by atoms with Crippen LogP contribution in [-0.4, -0.2) is 39.3 Å². The van der Waals surface area contributed by atoms with Crippen molar-refractivity contribution >= 4 is 10.8 Å². The largest absolute Gasteiger partial charge is 0.493 e. The van der Waals surface area contributed by atoms with Crippen LogP contribution in [0.5, 0.6) is 5.75 Å². The quantitative estimate of drug-likeness (QED) is 0.721. The minimum atomic E-state index is 0.373. The van der Waals surface area contributed by atoms with Crippen LogP contribution in [0.4, 0.5) is 0 Å². The third kappa shape index (κ3) is 3.96. The van der Waals surface area contributed by atoms with Crippen molar-refractivity contribution < 1.29 is 9.47 Å². The fraction of sp³-hybridized carbons (Fsp3) is 0.444. The van der Waals surface area contributed by atoms with E-state index in [-0.39, 0.29) is 0 Å². The van der Waals surface area contributed by atoms with Crippen molar-refractivity contribution in [3.05, 3.63) is 42.0 Å². The summed E-state index contributed by atoms with van der Waals surface area (Å²) in [6, 6.07) is 13.2. The standard InChI is InChI=1S/C18H25NO2/c1-14(19(2)3)17-8-5-7-15-9-10-16(13-18(15)17)21-12-6-11-20-4/h5,7-10,13-14H,6,11-12H2,1-4H3. The Balaban J connectivity index is 2.25. The zero-order valence-electron chi connectivity index (χ0n) is 13.4. The molecule has 0 aliphatic carbocycles. The average molecular weight is 287 g/mol. The second-order valence-electron chi connectivity index (χ2n) is 5.56. The number of methoxy groups -OCH3 is 1. The second kappa shape index (κ2) is 7.43. The molecule has 114 valence electrons. The van der Waals surface area contributed by atoms with E-state index in [1.54, 1.807) is 7.11 Å². The third-order valence-electron chi connectivity index (χ3n) is 3.87. The van der Waals surface area contributed by atoms with Gasteiger partial charge >= 0.3 is 0 Å². The van der Waals surface area contributed by atoms with Gasteiger partial charge in [-0.25, -0.2) is 0 Å². The number of fused-ring (bicyclic) bond motifs is 1. The Morgan fingerprint density at radius 1 is 1.10 bits per heavy atom. The van der Waals surface area contributed by atoms with Gasteiger partial charge < -0.3 is 14.4 Å². The molecular formula is C18H25NO2. The van der Waals surface area contributed by atoms with Crippen LogP contribution >= 0.6 is 0 Å². The van der Waals surface area contributed by atoms with Gasteiger partial charge in [-0.3, -0.25) is 0 Å². The molecular weight excluding hydrogens is 262 g/mol. The molecule has 0 bridgehead atoms. The molecule has 0 aliphatic rings. The molecule has 3 heteroatoms. The number of nitrogens with zero attached hydrogens (tertiary/aromatic N) is 1. The number of hydrogen-bond acceptors (Lipinski definition) is 3. The smallest absolute Gasteiger partial charge is 0.119 e. The van der Waals surface area contributed by atoms with Gasteiger partial charge in [-0.15, -0.1) is 0 Å². The molecule has 0 spiro atoms. The second-order valence-corrected chi connectivity index (χ2v) is 5.56. The van der Waals surface area contributed by atoms with Gasteiger partial charge in [-0.2, -0.15) is 0 Å². The maximum absolute atomic E-state index is 5.82. The fourth-order valence-electron chi connectivity index (χ4n) is 2.40. The summed E-state index contributed by atoms with van der Waals surface area (Å²) in [7, 11) is 5.92. The van der Waals surface area contributed by atoms with Crippen LogP contribution in [0, 0.1) is 0 Å². The molecule has 0 radical (unpaired) electrons. The zero-order valence-corrected chi connectivity index (χ0v) is 13.4. The molecule has 1 unspecified atom stereocenters. The summed E-state index contributed by atoms with van der Waals surface area (Å²) in [6.45, 7) is 3.64. The summed E-state index contributed by atoms with van der Waals surface area (Å²) in [4.78, 5) is 2.22. The highest BCUT2D eigenvalue weighted by Gasteiger charge is 2.11. The first-order valence-electron chi connectivity index (χ1n) is 7.44. The van der Waals surface area contributed by atoms with E-state index in [9.17, 15) is 0 Å². The molecule has 3 nitrogen and oxygen atoms in total. The van der Waals surface area contributed by atoms with Gasteiger partial charge in [0.2, 0.25) is 0 Å². The van der Waals surface area contributed by atoms with E-state index in [0.29, 0.717) is 12.6 Å². The van der Waals surface area contributed by atoms with E-state index in [0.717, 1.165) is 18.8 Å². The van der Waals surface area contributed by atoms with Crippen LogP contribution in [0.15, 0.2) is 36.4 Å². The Morgan fingerprint density at radius 3 is 2.62 bits per heavy atom. The van der Waals surface area contributed by atoms with Gasteiger partial charge in [0.1, 0.15) is 5.75 Å².